The highest BCUT2D eigenvalue weighted by molar-refractivity contribution is 6.62. The van der Waals surface area contributed by atoms with Crippen LogP contribution in [0.15, 0.2) is 66.7 Å². The van der Waals surface area contributed by atoms with Crippen LogP contribution < -0.4 is 10.8 Å². The van der Waals surface area contributed by atoms with Gasteiger partial charge in [0.15, 0.2) is 0 Å². The lowest BCUT2D eigenvalue weighted by atomic mass is 9.78. The number of ether oxygens (including phenoxy) is 1. The van der Waals surface area contributed by atoms with Gasteiger partial charge in [-0.1, -0.05) is 48.5 Å². The van der Waals surface area contributed by atoms with E-state index in [1.54, 1.807) is 26.8 Å². The van der Waals surface area contributed by atoms with Crippen LogP contribution in [-0.4, -0.2) is 53.9 Å². The second-order valence-electron chi connectivity index (χ2n) is 14.1. The van der Waals surface area contributed by atoms with Crippen molar-refractivity contribution in [3.8, 4) is 11.1 Å². The van der Waals surface area contributed by atoms with Crippen LogP contribution in [0.1, 0.15) is 88.7 Å². The normalized spacial score (nSPS) is 18.1. The van der Waals surface area contributed by atoms with E-state index in [0.29, 0.717) is 37.1 Å². The van der Waals surface area contributed by atoms with Gasteiger partial charge < -0.3 is 24.3 Å². The van der Waals surface area contributed by atoms with Crippen LogP contribution in [0.3, 0.4) is 0 Å². The van der Waals surface area contributed by atoms with Gasteiger partial charge in [-0.2, -0.15) is 0 Å². The largest absolute Gasteiger partial charge is 0.494 e. The maximum absolute atomic E-state index is 14.9. The third kappa shape index (κ3) is 7.59. The Morgan fingerprint density at radius 1 is 0.933 bits per heavy atom. The smallest absolute Gasteiger partial charge is 0.444 e. The maximum Gasteiger partial charge on any atom is 0.494 e. The average Bonchev–Trinajstić information content (AvgIpc) is 3.22. The number of likely N-dealkylation sites (tertiary alicyclic amines) is 1. The topological polar surface area (TPSA) is 77.1 Å². The summed E-state index contributed by atoms with van der Waals surface area (Å²) >= 11 is 0. The highest BCUT2D eigenvalue weighted by atomic mass is 19.1. The summed E-state index contributed by atoms with van der Waals surface area (Å²) in [7, 11) is -0.465. The van der Waals surface area contributed by atoms with Crippen molar-refractivity contribution in [1.82, 2.24) is 10.2 Å². The number of halogens is 1. The first-order valence-electron chi connectivity index (χ1n) is 15.7. The predicted octanol–water partition coefficient (Wildman–Crippen LogP) is 6.84. The summed E-state index contributed by atoms with van der Waals surface area (Å²) in [5.41, 5.74) is 3.44. The zero-order chi connectivity index (χ0) is 32.6. The summed E-state index contributed by atoms with van der Waals surface area (Å²) in [6.45, 7) is 14.9. The molecule has 0 bridgehead atoms. The minimum Gasteiger partial charge on any atom is -0.444 e. The van der Waals surface area contributed by atoms with Crippen molar-refractivity contribution in [3.05, 3.63) is 89.2 Å². The fourth-order valence-corrected chi connectivity index (χ4v) is 5.76. The number of alkyl carbamates (subject to hydrolysis) is 1. The number of benzene rings is 3. The number of piperidine rings is 1. The molecular weight excluding hydrogens is 570 g/mol. The molecule has 3 aromatic rings. The minimum absolute atomic E-state index is 0.0143. The molecule has 0 aromatic heterocycles. The van der Waals surface area contributed by atoms with E-state index in [0.717, 1.165) is 22.2 Å². The van der Waals surface area contributed by atoms with Crippen molar-refractivity contribution in [2.24, 2.45) is 0 Å². The number of carbonyl (C=O) groups excluding carboxylic acids is 2. The van der Waals surface area contributed by atoms with Gasteiger partial charge in [0.2, 0.25) is 0 Å². The molecule has 9 heteroatoms. The molecule has 0 spiro atoms. The quantitative estimate of drug-likeness (QED) is 0.308. The summed E-state index contributed by atoms with van der Waals surface area (Å²) in [5.74, 6) is -0.316. The number of nitrogens with one attached hydrogen (secondary N) is 1. The molecule has 2 fully saturated rings. The monoisotopic (exact) mass is 614 g/mol. The van der Waals surface area contributed by atoms with Crippen molar-refractivity contribution in [2.45, 2.75) is 90.6 Å². The fraction of sp³-hybridized carbons (Fsp3) is 0.444. The molecule has 2 aliphatic heterocycles. The van der Waals surface area contributed by atoms with E-state index in [-0.39, 0.29) is 24.2 Å². The van der Waals surface area contributed by atoms with Gasteiger partial charge in [0.05, 0.1) is 11.2 Å². The third-order valence-electron chi connectivity index (χ3n) is 8.97. The van der Waals surface area contributed by atoms with Crippen LogP contribution in [0.25, 0.3) is 11.1 Å². The molecule has 0 aliphatic carbocycles. The molecule has 45 heavy (non-hydrogen) atoms. The fourth-order valence-electron chi connectivity index (χ4n) is 5.76. The van der Waals surface area contributed by atoms with Gasteiger partial charge in [-0.05, 0) is 113 Å². The van der Waals surface area contributed by atoms with Crippen LogP contribution in [0, 0.1) is 5.82 Å². The Kier molecular flexibility index (Phi) is 9.16. The molecule has 2 amide bonds. The van der Waals surface area contributed by atoms with Crippen molar-refractivity contribution in [2.75, 3.05) is 13.1 Å². The maximum atomic E-state index is 14.9. The third-order valence-corrected chi connectivity index (χ3v) is 8.97. The molecule has 5 rings (SSSR count). The Morgan fingerprint density at radius 3 is 2.20 bits per heavy atom. The summed E-state index contributed by atoms with van der Waals surface area (Å²) in [6, 6.07) is 20.7. The van der Waals surface area contributed by atoms with Gasteiger partial charge in [0.1, 0.15) is 11.4 Å². The minimum atomic E-state index is -0.592. The van der Waals surface area contributed by atoms with E-state index in [9.17, 15) is 14.0 Å². The molecule has 0 atom stereocenters. The molecular formula is C36H44BFN2O5. The van der Waals surface area contributed by atoms with Gasteiger partial charge in [-0.25, -0.2) is 9.18 Å². The Morgan fingerprint density at radius 2 is 1.56 bits per heavy atom. The molecule has 3 aromatic carbocycles. The predicted molar refractivity (Wildman–Crippen MR) is 175 cm³/mol. The van der Waals surface area contributed by atoms with E-state index in [1.807, 2.05) is 81.1 Å². The number of nitrogens with zero attached hydrogens (tertiary/aromatic N) is 1. The summed E-state index contributed by atoms with van der Waals surface area (Å²) < 4.78 is 32.7. The van der Waals surface area contributed by atoms with E-state index in [2.05, 4.69) is 11.4 Å². The molecule has 2 saturated heterocycles. The van der Waals surface area contributed by atoms with Crippen molar-refractivity contribution >= 4 is 24.6 Å². The number of hydrogen-bond acceptors (Lipinski definition) is 5. The zero-order valence-electron chi connectivity index (χ0n) is 27.4. The molecule has 238 valence electrons. The van der Waals surface area contributed by atoms with Crippen LogP contribution in [0.2, 0.25) is 0 Å². The lowest BCUT2D eigenvalue weighted by Gasteiger charge is -2.32. The van der Waals surface area contributed by atoms with Gasteiger partial charge in [0, 0.05) is 25.2 Å². The number of carbonyl (C=O) groups is 2. The Hall–Kier alpha value is -3.69. The lowest BCUT2D eigenvalue weighted by molar-refractivity contribution is 0.00578. The standard InChI is InChI=1S/C36H44BFN2O5/c1-34(2,3)43-33(42)39-23-24-14-15-31(38)30(20-24)25-16-18-40(19-17-25)32(41)28-12-8-10-26(21-28)27-11-9-13-29(22-27)37-44-35(4,5)36(6,7)45-37/h8-15,20-22,25H,16-19,23H2,1-7H3,(H,39,42). The average molecular weight is 615 g/mol. The van der Waals surface area contributed by atoms with Crippen molar-refractivity contribution < 1.29 is 28.0 Å². The Bertz CT molecular complexity index is 1540. The van der Waals surface area contributed by atoms with Gasteiger partial charge in [-0.3, -0.25) is 4.79 Å². The SMILES string of the molecule is CC(C)(C)OC(=O)NCc1ccc(F)c(C2CCN(C(=O)c3cccc(-c4cccc(B5OC(C)(C)C(C)(C)O5)c4)c3)CC2)c1. The highest BCUT2D eigenvalue weighted by Crippen LogP contribution is 2.37. The van der Waals surface area contributed by atoms with Crippen molar-refractivity contribution in [1.29, 1.82) is 0 Å². The van der Waals surface area contributed by atoms with E-state index in [4.69, 9.17) is 14.0 Å². The zero-order valence-corrected chi connectivity index (χ0v) is 27.4. The van der Waals surface area contributed by atoms with Crippen LogP contribution in [0.4, 0.5) is 9.18 Å². The first-order chi connectivity index (χ1) is 21.1. The first kappa shape index (κ1) is 32.7. The molecule has 1 N–H and O–H groups in total. The van der Waals surface area contributed by atoms with Crippen LogP contribution >= 0.6 is 0 Å². The van der Waals surface area contributed by atoms with E-state index in [1.165, 1.54) is 6.07 Å². The molecule has 2 aliphatic rings. The van der Waals surface area contributed by atoms with Crippen LogP contribution in [0.5, 0.6) is 0 Å². The molecule has 7 nitrogen and oxygen atoms in total. The molecule has 0 unspecified atom stereocenters. The summed E-state index contributed by atoms with van der Waals surface area (Å²) in [6.07, 6.45) is 0.796. The molecule has 0 radical (unpaired) electrons. The van der Waals surface area contributed by atoms with Gasteiger partial charge >= 0.3 is 13.2 Å². The van der Waals surface area contributed by atoms with Crippen molar-refractivity contribution in [3.63, 3.8) is 0 Å². The second-order valence-corrected chi connectivity index (χ2v) is 14.1. The Balaban J connectivity index is 1.22. The first-order valence-corrected chi connectivity index (χ1v) is 15.7. The van der Waals surface area contributed by atoms with Crippen LogP contribution in [-0.2, 0) is 20.6 Å². The molecule has 0 saturated carbocycles. The summed E-state index contributed by atoms with van der Waals surface area (Å²) in [5, 5.41) is 2.74. The molecule has 2 heterocycles. The van der Waals surface area contributed by atoms with E-state index >= 15 is 0 Å². The van der Waals surface area contributed by atoms with E-state index < -0.39 is 30.0 Å². The number of rotatable bonds is 6. The second kappa shape index (κ2) is 12.6. The van der Waals surface area contributed by atoms with Gasteiger partial charge in [-0.15, -0.1) is 0 Å². The van der Waals surface area contributed by atoms with Gasteiger partial charge in [0.25, 0.3) is 5.91 Å². The highest BCUT2D eigenvalue weighted by Gasteiger charge is 2.51. The number of amides is 2. The lowest BCUT2D eigenvalue weighted by Crippen LogP contribution is -2.41. The Labute approximate surface area is 266 Å². The summed E-state index contributed by atoms with van der Waals surface area (Å²) in [4.78, 5) is 27.5. The number of hydrogen-bond donors (Lipinski definition) is 1.